The van der Waals surface area contributed by atoms with Crippen molar-refractivity contribution in [3.8, 4) is 0 Å². The number of anilines is 1. The molecule has 0 unspecified atom stereocenters. The zero-order valence-electron chi connectivity index (χ0n) is 22.5. The Morgan fingerprint density at radius 1 is 1.00 bits per heavy atom. The summed E-state index contributed by atoms with van der Waals surface area (Å²) in [5, 5.41) is 22.0. The highest BCUT2D eigenvalue weighted by Crippen LogP contribution is 2.24. The van der Waals surface area contributed by atoms with Gasteiger partial charge in [0.2, 0.25) is 16.0 Å². The lowest BCUT2D eigenvalue weighted by Crippen LogP contribution is -2.48. The number of carbonyl (C=O) groups excluding carboxylic acids is 2. The number of hydrogen-bond donors (Lipinski definition) is 5. The lowest BCUT2D eigenvalue weighted by Gasteiger charge is -2.16. The van der Waals surface area contributed by atoms with Crippen LogP contribution in [0.1, 0.15) is 26.3 Å². The number of carboxylic acid groups (broad SMARTS) is 2. The molecule has 0 bridgehead atoms. The molecule has 1 atom stereocenters. The van der Waals surface area contributed by atoms with Crippen LogP contribution in [-0.2, 0) is 26.2 Å². The number of halogens is 3. The highest BCUT2D eigenvalue weighted by atomic mass is 32.2. The molecule has 2 heterocycles. The summed E-state index contributed by atoms with van der Waals surface area (Å²) in [4.78, 5) is 55.7. The van der Waals surface area contributed by atoms with Gasteiger partial charge in [-0.3, -0.25) is 14.4 Å². The molecule has 0 fully saturated rings. The first kappa shape index (κ1) is 33.4. The van der Waals surface area contributed by atoms with Gasteiger partial charge in [-0.1, -0.05) is 24.3 Å². The number of hydrogen-bond acceptors (Lipinski definition) is 9. The molecule has 3 aromatic rings. The summed E-state index contributed by atoms with van der Waals surface area (Å²) < 4.78 is 58.8. The predicted molar refractivity (Wildman–Crippen MR) is 146 cm³/mol. The topological polar surface area (TPSA) is 208 Å². The molecule has 14 nitrogen and oxygen atoms in total. The third-order valence-corrected chi connectivity index (χ3v) is 7.33. The van der Waals surface area contributed by atoms with Crippen molar-refractivity contribution in [3.05, 3.63) is 83.7 Å². The van der Waals surface area contributed by atoms with E-state index in [2.05, 4.69) is 25.3 Å². The number of aromatic nitrogens is 2. The third-order valence-electron chi connectivity index (χ3n) is 5.84. The Kier molecular flexibility index (Phi) is 10.9. The van der Waals surface area contributed by atoms with Crippen LogP contribution in [0.5, 0.6) is 0 Å². The van der Waals surface area contributed by atoms with E-state index in [4.69, 9.17) is 9.90 Å². The first-order chi connectivity index (χ1) is 20.7. The molecule has 4 rings (SSSR count). The molecule has 0 saturated carbocycles. The normalized spacial score (nSPS) is 13.2. The molecule has 0 spiro atoms. The number of aliphatic carboxylic acids is 2. The first-order valence-electron chi connectivity index (χ1n) is 12.5. The van der Waals surface area contributed by atoms with Crippen LogP contribution in [-0.4, -0.2) is 89.1 Å². The standard InChI is InChI=1S/C24H24N6O6S.C2HF3O2/c31-21(28-14-20(23(33)34)29-37(35,36)18-5-2-1-3-6-18)16-7-8-17-15-30(22(32)19(17)13-16)12-11-27-24-25-9-4-10-26-24;3-2(4,5)1(6)7/h1-10,13,20,29H,11-12,14-15H2,(H,28,31)(H,33,34)(H,25,26,27);(H,6,7)/t20-;/m0./s1. The van der Waals surface area contributed by atoms with Gasteiger partial charge in [0.1, 0.15) is 6.04 Å². The summed E-state index contributed by atoms with van der Waals surface area (Å²) in [5.41, 5.74) is 1.29. The zero-order valence-corrected chi connectivity index (χ0v) is 23.3. The van der Waals surface area contributed by atoms with E-state index >= 15 is 0 Å². The Balaban J connectivity index is 0.000000676. The Morgan fingerprint density at radius 2 is 1.64 bits per heavy atom. The van der Waals surface area contributed by atoms with Gasteiger partial charge in [0.25, 0.3) is 11.8 Å². The van der Waals surface area contributed by atoms with Crippen LogP contribution >= 0.6 is 0 Å². The number of amides is 2. The number of nitrogens with zero attached hydrogens (tertiary/aromatic N) is 3. The van der Waals surface area contributed by atoms with Crippen molar-refractivity contribution in [2.45, 2.75) is 23.7 Å². The van der Waals surface area contributed by atoms with Gasteiger partial charge in [-0.25, -0.2) is 23.2 Å². The number of rotatable bonds is 11. The predicted octanol–water partition coefficient (Wildman–Crippen LogP) is 1.34. The summed E-state index contributed by atoms with van der Waals surface area (Å²) in [6.45, 7) is 0.724. The van der Waals surface area contributed by atoms with Gasteiger partial charge in [-0.15, -0.1) is 0 Å². The van der Waals surface area contributed by atoms with Crippen LogP contribution in [0.4, 0.5) is 19.1 Å². The van der Waals surface area contributed by atoms with Gasteiger partial charge >= 0.3 is 18.1 Å². The van der Waals surface area contributed by atoms with E-state index in [9.17, 15) is 41.1 Å². The Bertz CT molecular complexity index is 1610. The van der Waals surface area contributed by atoms with E-state index in [0.717, 1.165) is 5.56 Å². The second kappa shape index (κ2) is 14.4. The lowest BCUT2D eigenvalue weighted by atomic mass is 10.1. The molecule has 44 heavy (non-hydrogen) atoms. The SMILES string of the molecule is O=C(NC[C@H](NS(=O)(=O)c1ccccc1)C(=O)O)c1ccc2c(c1)C(=O)N(CCNc1ncccn1)C2.O=C(O)C(F)(F)F. The van der Waals surface area contributed by atoms with Crippen molar-refractivity contribution in [1.82, 2.24) is 24.9 Å². The number of nitrogens with one attached hydrogen (secondary N) is 3. The van der Waals surface area contributed by atoms with Crippen molar-refractivity contribution in [2.75, 3.05) is 25.0 Å². The van der Waals surface area contributed by atoms with Gasteiger partial charge in [0, 0.05) is 49.7 Å². The molecule has 2 amide bonds. The molecule has 0 aliphatic carbocycles. The molecular formula is C26H25F3N6O8S. The van der Waals surface area contributed by atoms with Crippen LogP contribution in [0.15, 0.2) is 71.9 Å². The van der Waals surface area contributed by atoms with Gasteiger partial charge in [0.05, 0.1) is 4.90 Å². The fourth-order valence-corrected chi connectivity index (χ4v) is 4.92. The minimum atomic E-state index is -5.08. The number of fused-ring (bicyclic) bond motifs is 1. The number of carbonyl (C=O) groups is 4. The van der Waals surface area contributed by atoms with Crippen molar-refractivity contribution < 1.29 is 51.0 Å². The zero-order chi connectivity index (χ0) is 32.5. The maximum Gasteiger partial charge on any atom is 0.490 e. The summed E-state index contributed by atoms with van der Waals surface area (Å²) in [6.07, 6.45) is -1.87. The second-order valence-electron chi connectivity index (χ2n) is 8.94. The van der Waals surface area contributed by atoms with E-state index in [1.54, 1.807) is 35.5 Å². The van der Waals surface area contributed by atoms with Gasteiger partial charge in [0.15, 0.2) is 0 Å². The second-order valence-corrected chi connectivity index (χ2v) is 10.6. The molecule has 2 aromatic carbocycles. The largest absolute Gasteiger partial charge is 0.490 e. The summed E-state index contributed by atoms with van der Waals surface area (Å²) >= 11 is 0. The lowest BCUT2D eigenvalue weighted by molar-refractivity contribution is -0.192. The Morgan fingerprint density at radius 3 is 2.23 bits per heavy atom. The van der Waals surface area contributed by atoms with Crippen molar-refractivity contribution in [1.29, 1.82) is 0 Å². The van der Waals surface area contributed by atoms with E-state index < -0.39 is 46.6 Å². The minimum absolute atomic E-state index is 0.0965. The van der Waals surface area contributed by atoms with Crippen molar-refractivity contribution in [3.63, 3.8) is 0 Å². The monoisotopic (exact) mass is 638 g/mol. The van der Waals surface area contributed by atoms with Crippen molar-refractivity contribution >= 4 is 39.7 Å². The van der Waals surface area contributed by atoms with Crippen LogP contribution in [0, 0.1) is 0 Å². The Labute approximate surface area is 248 Å². The molecule has 1 aliphatic heterocycles. The van der Waals surface area contributed by atoms with E-state index in [-0.39, 0.29) is 16.4 Å². The first-order valence-corrected chi connectivity index (χ1v) is 14.0. The average molecular weight is 639 g/mol. The molecule has 5 N–H and O–H groups in total. The van der Waals surface area contributed by atoms with Crippen LogP contribution < -0.4 is 15.4 Å². The number of benzene rings is 2. The summed E-state index contributed by atoms with van der Waals surface area (Å²) in [5.74, 6) is -4.63. The maximum atomic E-state index is 12.8. The third kappa shape index (κ3) is 9.20. The Hall–Kier alpha value is -5.10. The number of alkyl halides is 3. The number of carboxylic acids is 2. The fourth-order valence-electron chi connectivity index (χ4n) is 3.71. The number of sulfonamides is 1. The molecule has 18 heteroatoms. The summed E-state index contributed by atoms with van der Waals surface area (Å²) in [6, 6.07) is 12.1. The van der Waals surface area contributed by atoms with Gasteiger partial charge < -0.3 is 25.7 Å². The minimum Gasteiger partial charge on any atom is -0.480 e. The molecule has 1 aromatic heterocycles. The highest BCUT2D eigenvalue weighted by Gasteiger charge is 2.38. The van der Waals surface area contributed by atoms with Gasteiger partial charge in [-0.2, -0.15) is 17.9 Å². The molecular weight excluding hydrogens is 613 g/mol. The highest BCUT2D eigenvalue weighted by molar-refractivity contribution is 7.89. The quantitative estimate of drug-likeness (QED) is 0.202. The van der Waals surface area contributed by atoms with Crippen molar-refractivity contribution in [2.24, 2.45) is 0 Å². The molecule has 0 saturated heterocycles. The average Bonchev–Trinajstić information content (AvgIpc) is 3.30. The molecule has 0 radical (unpaired) electrons. The fraction of sp³-hybridized carbons (Fsp3) is 0.231. The molecule has 1 aliphatic rings. The van der Waals surface area contributed by atoms with E-state index in [0.29, 0.717) is 31.1 Å². The summed E-state index contributed by atoms with van der Waals surface area (Å²) in [7, 11) is -4.11. The van der Waals surface area contributed by atoms with Crippen LogP contribution in [0.3, 0.4) is 0 Å². The van der Waals surface area contributed by atoms with E-state index in [1.165, 1.54) is 36.4 Å². The van der Waals surface area contributed by atoms with Gasteiger partial charge in [-0.05, 0) is 35.9 Å². The van der Waals surface area contributed by atoms with Crippen LogP contribution in [0.25, 0.3) is 0 Å². The molecule has 234 valence electrons. The maximum absolute atomic E-state index is 12.8. The smallest absolute Gasteiger partial charge is 0.480 e. The van der Waals surface area contributed by atoms with E-state index in [1.807, 2.05) is 0 Å². The van der Waals surface area contributed by atoms with Crippen LogP contribution in [0.2, 0.25) is 0 Å².